The summed E-state index contributed by atoms with van der Waals surface area (Å²) in [6.45, 7) is 15.9. The molecule has 4 amide bonds. The third-order valence-corrected chi connectivity index (χ3v) is 12.6. The molecule has 2 aromatic rings. The molecule has 0 unspecified atom stereocenters. The second-order valence-corrected chi connectivity index (χ2v) is 18.2. The van der Waals surface area contributed by atoms with Gasteiger partial charge in [-0.05, 0) is 85.3 Å². The number of nitrogens with one attached hydrogen (secondary N) is 3. The van der Waals surface area contributed by atoms with E-state index >= 15 is 0 Å². The number of carbonyl (C=O) groups excluding carboxylic acids is 4. The molecule has 2 aliphatic carbocycles. The quantitative estimate of drug-likeness (QED) is 0.152. The van der Waals surface area contributed by atoms with Crippen molar-refractivity contribution in [2.45, 2.75) is 126 Å². The minimum absolute atomic E-state index is 0.000157. The van der Waals surface area contributed by atoms with Crippen molar-refractivity contribution in [1.82, 2.24) is 30.2 Å². The molecule has 16 heteroatoms. The van der Waals surface area contributed by atoms with Crippen molar-refractivity contribution in [3.8, 4) is 11.6 Å². The first kappa shape index (κ1) is 41.4. The van der Waals surface area contributed by atoms with E-state index in [4.69, 9.17) is 14.2 Å². The fourth-order valence-corrected chi connectivity index (χ4v) is 8.03. The Morgan fingerprint density at radius 2 is 1.82 bits per heavy atom. The maximum Gasteiger partial charge on any atom is 0.408 e. The molecular weight excluding hydrogens is 729 g/mol. The number of carbonyl (C=O) groups is 4. The first-order chi connectivity index (χ1) is 25.8. The van der Waals surface area contributed by atoms with Gasteiger partial charge in [0.1, 0.15) is 40.8 Å². The fraction of sp³-hybridized carbons (Fsp3) is 0.590. The monoisotopic (exact) mass is 782 g/mol. The van der Waals surface area contributed by atoms with E-state index in [1.807, 2.05) is 6.08 Å². The van der Waals surface area contributed by atoms with Crippen LogP contribution in [0.4, 0.5) is 4.79 Å². The van der Waals surface area contributed by atoms with Crippen molar-refractivity contribution in [2.24, 2.45) is 5.92 Å². The highest BCUT2D eigenvalue weighted by atomic mass is 32.2. The van der Waals surface area contributed by atoms with E-state index < -0.39 is 73.8 Å². The first-order valence-electron chi connectivity index (χ1n) is 18.8. The number of unbranched alkanes of at least 4 members (excludes halogenated alkanes) is 3. The predicted molar refractivity (Wildman–Crippen MR) is 206 cm³/mol. The molecule has 5 atom stereocenters. The zero-order valence-corrected chi connectivity index (χ0v) is 33.4. The van der Waals surface area contributed by atoms with Crippen LogP contribution in [0.15, 0.2) is 43.5 Å². The number of allylic oxidation sites excluding steroid dienone is 1. The van der Waals surface area contributed by atoms with Crippen LogP contribution in [0.2, 0.25) is 0 Å². The molecule has 5 rings (SSSR count). The van der Waals surface area contributed by atoms with Crippen molar-refractivity contribution >= 4 is 44.9 Å². The number of alkyl carbamates (subject to hydrolysis) is 1. The second-order valence-electron chi connectivity index (χ2n) is 16.0. The van der Waals surface area contributed by atoms with Gasteiger partial charge in [0.2, 0.25) is 27.7 Å². The van der Waals surface area contributed by atoms with E-state index in [1.54, 1.807) is 59.9 Å². The second kappa shape index (κ2) is 16.2. The van der Waals surface area contributed by atoms with Crippen LogP contribution in [-0.2, 0) is 29.1 Å². The molecule has 0 radical (unpaired) electrons. The van der Waals surface area contributed by atoms with Crippen molar-refractivity contribution in [1.29, 1.82) is 0 Å². The van der Waals surface area contributed by atoms with Crippen molar-refractivity contribution < 1.29 is 41.8 Å². The van der Waals surface area contributed by atoms with E-state index in [0.717, 1.165) is 19.3 Å². The number of likely N-dealkylation sites (tertiary alicyclic amines) is 1. The number of nitrogens with zero attached hydrogens (tertiary/aromatic N) is 3. The van der Waals surface area contributed by atoms with Gasteiger partial charge in [0.25, 0.3) is 5.91 Å². The molecule has 3 aliphatic rings. The van der Waals surface area contributed by atoms with Gasteiger partial charge >= 0.3 is 6.09 Å². The van der Waals surface area contributed by atoms with Crippen LogP contribution in [0, 0.1) is 12.8 Å². The number of hydrogen-bond donors (Lipinski definition) is 3. The summed E-state index contributed by atoms with van der Waals surface area (Å²) in [5.74, 6) is -1.83. The minimum atomic E-state index is -4.01. The van der Waals surface area contributed by atoms with Crippen LogP contribution >= 0.6 is 0 Å². The smallest absolute Gasteiger partial charge is 0.408 e. The van der Waals surface area contributed by atoms with Gasteiger partial charge in [0.15, 0.2) is 0 Å². The molecule has 1 aromatic carbocycles. The number of sulfonamides is 1. The SMILES string of the molecule is C=CCCCCC[C@H](NC(=O)OC(C)(C)C)C(=O)N1C[C@H](Oc2nc3cc(OC)ccc3nc2C)C[C@H]1C(=O)N[C@]1(C(=O)NS(=O)(=O)C2(C)CC2)C[C@H]1C=C. The number of aromatic nitrogens is 2. The Bertz CT molecular complexity index is 1940. The summed E-state index contributed by atoms with van der Waals surface area (Å²) in [5.41, 5.74) is -0.780. The van der Waals surface area contributed by atoms with Gasteiger partial charge < -0.3 is 29.7 Å². The summed E-state index contributed by atoms with van der Waals surface area (Å²) in [6, 6.07) is 3.05. The van der Waals surface area contributed by atoms with E-state index in [0.29, 0.717) is 41.7 Å². The van der Waals surface area contributed by atoms with Gasteiger partial charge in [-0.15, -0.1) is 13.2 Å². The molecule has 2 heterocycles. The highest BCUT2D eigenvalue weighted by Gasteiger charge is 2.63. The third kappa shape index (κ3) is 9.57. The number of hydrogen-bond acceptors (Lipinski definition) is 11. The average Bonchev–Trinajstić information content (AvgIpc) is 4.00. The molecule has 3 fully saturated rings. The molecule has 1 aliphatic heterocycles. The Balaban J connectivity index is 1.43. The number of amides is 4. The van der Waals surface area contributed by atoms with Crippen LogP contribution in [0.25, 0.3) is 11.0 Å². The number of benzene rings is 1. The molecular formula is C39H54N6O9S. The zero-order valence-electron chi connectivity index (χ0n) is 32.6. The molecule has 1 aromatic heterocycles. The van der Waals surface area contributed by atoms with Crippen LogP contribution < -0.4 is 24.8 Å². The number of fused-ring (bicyclic) bond motifs is 1. The molecule has 15 nitrogen and oxygen atoms in total. The fourth-order valence-electron chi connectivity index (χ4n) is 6.72. The van der Waals surface area contributed by atoms with E-state index in [1.165, 1.54) is 11.0 Å². The van der Waals surface area contributed by atoms with Gasteiger partial charge in [-0.25, -0.2) is 23.2 Å². The normalized spacial score (nSPS) is 23.2. The lowest BCUT2D eigenvalue weighted by atomic mass is 10.0. The van der Waals surface area contributed by atoms with Crippen LogP contribution in [-0.4, -0.2) is 94.8 Å². The Labute approximate surface area is 323 Å². The van der Waals surface area contributed by atoms with Crippen molar-refractivity contribution in [3.63, 3.8) is 0 Å². The lowest BCUT2D eigenvalue weighted by Crippen LogP contribution is -2.58. The van der Waals surface area contributed by atoms with Crippen LogP contribution in [0.3, 0.4) is 0 Å². The van der Waals surface area contributed by atoms with E-state index in [2.05, 4.69) is 38.5 Å². The summed E-state index contributed by atoms with van der Waals surface area (Å²) in [7, 11) is -2.46. The molecule has 0 spiro atoms. The zero-order chi connectivity index (χ0) is 40.3. The summed E-state index contributed by atoms with van der Waals surface area (Å²) < 4.78 is 44.4. The van der Waals surface area contributed by atoms with E-state index in [-0.39, 0.29) is 31.7 Å². The third-order valence-electron chi connectivity index (χ3n) is 10.4. The Kier molecular flexibility index (Phi) is 12.2. The molecule has 1 saturated heterocycles. The summed E-state index contributed by atoms with van der Waals surface area (Å²) in [6.07, 6.45) is 6.04. The van der Waals surface area contributed by atoms with Gasteiger partial charge in [-0.3, -0.25) is 19.1 Å². The van der Waals surface area contributed by atoms with Crippen molar-refractivity contribution in [3.05, 3.63) is 49.2 Å². The van der Waals surface area contributed by atoms with Crippen LogP contribution in [0.1, 0.15) is 91.2 Å². The minimum Gasteiger partial charge on any atom is -0.497 e. The number of aryl methyl sites for hydroxylation is 1. The van der Waals surface area contributed by atoms with Gasteiger partial charge in [-0.1, -0.05) is 25.0 Å². The molecule has 300 valence electrons. The highest BCUT2D eigenvalue weighted by Crippen LogP contribution is 2.47. The highest BCUT2D eigenvalue weighted by molar-refractivity contribution is 7.91. The van der Waals surface area contributed by atoms with Gasteiger partial charge in [-0.2, -0.15) is 0 Å². The summed E-state index contributed by atoms with van der Waals surface area (Å²) in [4.78, 5) is 66.1. The molecule has 55 heavy (non-hydrogen) atoms. The standard InChI is InChI=1S/C39H54N6O9S/c1-9-11-12-13-14-15-29(42-36(49)54-37(4,5)6)34(47)45-23-27(53-33-24(3)40-28-17-16-26(52-8)20-30(28)41-33)21-31(45)32(46)43-39(22-25(39)10-2)35(48)44-55(50,51)38(7)18-19-38/h9-10,16-17,20,25,27,29,31H,1-2,11-15,18-19,21-23H2,3-8H3,(H,42,49)(H,43,46)(H,44,48)/t25-,27-,29+,31+,39-/m1/s1. The van der Waals surface area contributed by atoms with Crippen molar-refractivity contribution in [2.75, 3.05) is 13.7 Å². The number of rotatable bonds is 17. The lowest BCUT2D eigenvalue weighted by Gasteiger charge is -2.30. The topological polar surface area (TPSA) is 195 Å². The molecule has 2 saturated carbocycles. The number of ether oxygens (including phenoxy) is 3. The lowest BCUT2D eigenvalue weighted by molar-refractivity contribution is -0.141. The predicted octanol–water partition coefficient (Wildman–Crippen LogP) is 4.38. The number of methoxy groups -OCH3 is 1. The van der Waals surface area contributed by atoms with Gasteiger partial charge in [0.05, 0.1) is 29.4 Å². The molecule has 0 bridgehead atoms. The Morgan fingerprint density at radius 1 is 1.09 bits per heavy atom. The Hall–Kier alpha value is -4.73. The van der Waals surface area contributed by atoms with Crippen LogP contribution in [0.5, 0.6) is 11.6 Å². The Morgan fingerprint density at radius 3 is 2.44 bits per heavy atom. The average molecular weight is 783 g/mol. The largest absolute Gasteiger partial charge is 0.497 e. The maximum atomic E-state index is 14.5. The maximum absolute atomic E-state index is 14.5. The van der Waals surface area contributed by atoms with Gasteiger partial charge in [0, 0.05) is 18.4 Å². The summed E-state index contributed by atoms with van der Waals surface area (Å²) >= 11 is 0. The van der Waals surface area contributed by atoms with E-state index in [9.17, 15) is 27.6 Å². The summed E-state index contributed by atoms with van der Waals surface area (Å²) in [5, 5.41) is 5.52. The first-order valence-corrected chi connectivity index (χ1v) is 20.2. The molecule has 3 N–H and O–H groups in total.